The SMILES string of the molecule is CC(CN)C(C)c1c(F)cccc1F. The van der Waals surface area contributed by atoms with E-state index in [0.717, 1.165) is 0 Å². The Balaban J connectivity index is 3.05. The van der Waals surface area contributed by atoms with Crippen LogP contribution in [0.1, 0.15) is 25.3 Å². The molecule has 1 aromatic rings. The average molecular weight is 199 g/mol. The second-order valence-corrected chi connectivity index (χ2v) is 3.64. The molecule has 0 heterocycles. The first-order valence-corrected chi connectivity index (χ1v) is 4.72. The van der Waals surface area contributed by atoms with E-state index in [9.17, 15) is 8.78 Å². The van der Waals surface area contributed by atoms with E-state index in [1.165, 1.54) is 18.2 Å². The van der Waals surface area contributed by atoms with Crippen LogP contribution in [0.3, 0.4) is 0 Å². The van der Waals surface area contributed by atoms with E-state index in [0.29, 0.717) is 6.54 Å². The van der Waals surface area contributed by atoms with Crippen LogP contribution in [-0.4, -0.2) is 6.54 Å². The van der Waals surface area contributed by atoms with Crippen LogP contribution in [0, 0.1) is 17.6 Å². The van der Waals surface area contributed by atoms with Crippen LogP contribution in [-0.2, 0) is 0 Å². The van der Waals surface area contributed by atoms with Crippen molar-refractivity contribution in [1.29, 1.82) is 0 Å². The molecule has 78 valence electrons. The van der Waals surface area contributed by atoms with E-state index in [1.54, 1.807) is 6.92 Å². The molecule has 1 aromatic carbocycles. The van der Waals surface area contributed by atoms with E-state index in [2.05, 4.69) is 0 Å². The van der Waals surface area contributed by atoms with Crippen molar-refractivity contribution in [2.75, 3.05) is 6.54 Å². The summed E-state index contributed by atoms with van der Waals surface area (Å²) in [5, 5.41) is 0. The number of nitrogens with two attached hydrogens (primary N) is 1. The first-order valence-electron chi connectivity index (χ1n) is 4.72. The Kier molecular flexibility index (Phi) is 3.58. The normalized spacial score (nSPS) is 15.2. The largest absolute Gasteiger partial charge is 0.330 e. The second-order valence-electron chi connectivity index (χ2n) is 3.64. The fourth-order valence-corrected chi connectivity index (χ4v) is 1.43. The summed E-state index contributed by atoms with van der Waals surface area (Å²) in [6.45, 7) is 4.10. The minimum atomic E-state index is -0.488. The molecule has 1 rings (SSSR count). The zero-order valence-electron chi connectivity index (χ0n) is 8.43. The topological polar surface area (TPSA) is 26.0 Å². The zero-order chi connectivity index (χ0) is 10.7. The monoisotopic (exact) mass is 199 g/mol. The van der Waals surface area contributed by atoms with Gasteiger partial charge in [0.05, 0.1) is 0 Å². The lowest BCUT2D eigenvalue weighted by molar-refractivity contribution is 0.449. The summed E-state index contributed by atoms with van der Waals surface area (Å²) in [6, 6.07) is 3.92. The number of halogens is 2. The molecular weight excluding hydrogens is 184 g/mol. The third-order valence-electron chi connectivity index (χ3n) is 2.68. The van der Waals surface area contributed by atoms with Crippen LogP contribution in [0.5, 0.6) is 0 Å². The summed E-state index contributed by atoms with van der Waals surface area (Å²) in [5.74, 6) is -1.10. The summed E-state index contributed by atoms with van der Waals surface area (Å²) in [7, 11) is 0. The molecule has 0 spiro atoms. The molecule has 0 saturated carbocycles. The Morgan fingerprint density at radius 3 is 2.14 bits per heavy atom. The van der Waals surface area contributed by atoms with Gasteiger partial charge in [0.25, 0.3) is 0 Å². The van der Waals surface area contributed by atoms with Gasteiger partial charge >= 0.3 is 0 Å². The summed E-state index contributed by atoms with van der Waals surface area (Å²) >= 11 is 0. The van der Waals surface area contributed by atoms with Crippen molar-refractivity contribution in [3.05, 3.63) is 35.4 Å². The van der Waals surface area contributed by atoms with Gasteiger partial charge in [-0.3, -0.25) is 0 Å². The Hall–Kier alpha value is -0.960. The lowest BCUT2D eigenvalue weighted by atomic mass is 9.88. The van der Waals surface area contributed by atoms with Crippen LogP contribution in [0.4, 0.5) is 8.78 Å². The van der Waals surface area contributed by atoms with Crippen LogP contribution in [0.25, 0.3) is 0 Å². The molecule has 0 aliphatic carbocycles. The van der Waals surface area contributed by atoms with Crippen molar-refractivity contribution < 1.29 is 8.78 Å². The van der Waals surface area contributed by atoms with E-state index in [-0.39, 0.29) is 17.4 Å². The summed E-state index contributed by atoms with van der Waals surface area (Å²) in [4.78, 5) is 0. The fourth-order valence-electron chi connectivity index (χ4n) is 1.43. The predicted octanol–water partition coefficient (Wildman–Crippen LogP) is 2.66. The van der Waals surface area contributed by atoms with Gasteiger partial charge in [0.15, 0.2) is 0 Å². The highest BCUT2D eigenvalue weighted by Gasteiger charge is 2.20. The van der Waals surface area contributed by atoms with Gasteiger partial charge in [-0.15, -0.1) is 0 Å². The molecule has 0 aromatic heterocycles. The van der Waals surface area contributed by atoms with E-state index in [4.69, 9.17) is 5.73 Å². The minimum Gasteiger partial charge on any atom is -0.330 e. The Labute approximate surface area is 82.9 Å². The second kappa shape index (κ2) is 4.51. The first kappa shape index (κ1) is 11.1. The molecule has 0 saturated heterocycles. The molecule has 2 atom stereocenters. The van der Waals surface area contributed by atoms with Gasteiger partial charge in [-0.2, -0.15) is 0 Å². The molecule has 0 fully saturated rings. The molecule has 0 radical (unpaired) electrons. The quantitative estimate of drug-likeness (QED) is 0.795. The summed E-state index contributed by atoms with van der Waals surface area (Å²) in [6.07, 6.45) is 0. The number of rotatable bonds is 3. The lowest BCUT2D eigenvalue weighted by Crippen LogP contribution is -2.18. The van der Waals surface area contributed by atoms with Crippen LogP contribution in [0.15, 0.2) is 18.2 Å². The van der Waals surface area contributed by atoms with Crippen molar-refractivity contribution in [3.8, 4) is 0 Å². The molecular formula is C11H15F2N. The average Bonchev–Trinajstić information content (AvgIpc) is 2.16. The molecule has 0 aliphatic rings. The fraction of sp³-hybridized carbons (Fsp3) is 0.455. The molecule has 2 N–H and O–H groups in total. The lowest BCUT2D eigenvalue weighted by Gasteiger charge is -2.19. The van der Waals surface area contributed by atoms with E-state index >= 15 is 0 Å². The number of hydrogen-bond donors (Lipinski definition) is 1. The molecule has 0 amide bonds. The molecule has 0 aliphatic heterocycles. The maximum Gasteiger partial charge on any atom is 0.129 e. The van der Waals surface area contributed by atoms with Gasteiger partial charge in [-0.05, 0) is 30.5 Å². The number of hydrogen-bond acceptors (Lipinski definition) is 1. The summed E-state index contributed by atoms with van der Waals surface area (Å²) < 4.78 is 26.6. The first-order chi connectivity index (χ1) is 6.57. The highest BCUT2D eigenvalue weighted by atomic mass is 19.1. The molecule has 2 unspecified atom stereocenters. The van der Waals surface area contributed by atoms with Crippen LogP contribution >= 0.6 is 0 Å². The standard InChI is InChI=1S/C11H15F2N/c1-7(6-14)8(2)11-9(12)4-3-5-10(11)13/h3-5,7-8H,6,14H2,1-2H3. The molecule has 14 heavy (non-hydrogen) atoms. The molecule has 3 heteroatoms. The van der Waals surface area contributed by atoms with Gasteiger partial charge in [-0.1, -0.05) is 19.9 Å². The minimum absolute atomic E-state index is 0.0707. The highest BCUT2D eigenvalue weighted by molar-refractivity contribution is 5.23. The van der Waals surface area contributed by atoms with E-state index in [1.807, 2.05) is 6.92 Å². The van der Waals surface area contributed by atoms with Crippen LogP contribution < -0.4 is 5.73 Å². The summed E-state index contributed by atoms with van der Waals surface area (Å²) in [5.41, 5.74) is 5.61. The van der Waals surface area contributed by atoms with Crippen LogP contribution in [0.2, 0.25) is 0 Å². The van der Waals surface area contributed by atoms with Crippen molar-refractivity contribution in [3.63, 3.8) is 0 Å². The van der Waals surface area contributed by atoms with Crippen molar-refractivity contribution >= 4 is 0 Å². The van der Waals surface area contributed by atoms with Crippen molar-refractivity contribution in [1.82, 2.24) is 0 Å². The zero-order valence-corrected chi connectivity index (χ0v) is 8.43. The molecule has 0 bridgehead atoms. The van der Waals surface area contributed by atoms with Gasteiger partial charge in [0, 0.05) is 5.56 Å². The van der Waals surface area contributed by atoms with E-state index < -0.39 is 11.6 Å². The highest BCUT2D eigenvalue weighted by Crippen LogP contribution is 2.27. The third kappa shape index (κ3) is 2.10. The van der Waals surface area contributed by atoms with Gasteiger partial charge < -0.3 is 5.73 Å². The predicted molar refractivity (Wildman–Crippen MR) is 53.0 cm³/mol. The molecule has 1 nitrogen and oxygen atoms in total. The maximum absolute atomic E-state index is 13.3. The Bertz CT molecular complexity index is 292. The Morgan fingerprint density at radius 2 is 1.71 bits per heavy atom. The van der Waals surface area contributed by atoms with Gasteiger partial charge in [0.2, 0.25) is 0 Å². The Morgan fingerprint density at radius 1 is 1.21 bits per heavy atom. The van der Waals surface area contributed by atoms with Gasteiger partial charge in [-0.25, -0.2) is 8.78 Å². The third-order valence-corrected chi connectivity index (χ3v) is 2.68. The van der Waals surface area contributed by atoms with Gasteiger partial charge in [0.1, 0.15) is 11.6 Å². The van der Waals surface area contributed by atoms with Crippen molar-refractivity contribution in [2.45, 2.75) is 19.8 Å². The van der Waals surface area contributed by atoms with Crippen molar-refractivity contribution in [2.24, 2.45) is 11.7 Å². The number of benzene rings is 1. The maximum atomic E-state index is 13.3. The smallest absolute Gasteiger partial charge is 0.129 e.